The Morgan fingerprint density at radius 3 is 1.58 bits per heavy atom. The maximum absolute atomic E-state index is 13.6. The van der Waals surface area contributed by atoms with Gasteiger partial charge >= 0.3 is 0 Å². The number of carbonyl (C=O) groups is 2. The van der Waals surface area contributed by atoms with Crippen LogP contribution in [0.25, 0.3) is 44.3 Å². The molecule has 1 atom stereocenters. The summed E-state index contributed by atoms with van der Waals surface area (Å²) in [5, 5.41) is 7.60. The quantitative estimate of drug-likeness (QED) is 0.177. The third-order valence-corrected chi connectivity index (χ3v) is 8.21. The predicted octanol–water partition coefficient (Wildman–Crippen LogP) is 8.19. The molecule has 0 saturated carbocycles. The second-order valence-corrected chi connectivity index (χ2v) is 12.1. The monoisotopic (exact) mass is 692 g/mol. The van der Waals surface area contributed by atoms with Crippen LogP contribution in [0.5, 0.6) is 0 Å². The van der Waals surface area contributed by atoms with Crippen molar-refractivity contribution in [1.29, 1.82) is 0 Å². The van der Waals surface area contributed by atoms with Gasteiger partial charge in [-0.05, 0) is 55.5 Å². The molecule has 6 rings (SSSR count). The first-order chi connectivity index (χ1) is 20.9. The van der Waals surface area contributed by atoms with E-state index in [-0.39, 0.29) is 24.4 Å². The van der Waals surface area contributed by atoms with Gasteiger partial charge in [0.2, 0.25) is 0 Å². The Balaban J connectivity index is 1.21. The molecule has 43 heavy (non-hydrogen) atoms. The number of para-hydroxylation sites is 2. The Bertz CT molecular complexity index is 1980. The summed E-state index contributed by atoms with van der Waals surface area (Å²) in [4.78, 5) is 36.6. The average molecular weight is 694 g/mol. The smallest absolute Gasteiger partial charge is 0.252 e. The molecule has 1 unspecified atom stereocenters. The number of halogens is 2. The van der Waals surface area contributed by atoms with E-state index in [2.05, 4.69) is 42.5 Å². The lowest BCUT2D eigenvalue weighted by Crippen LogP contribution is -2.42. The first kappa shape index (κ1) is 28.7. The van der Waals surface area contributed by atoms with Gasteiger partial charge in [0.25, 0.3) is 11.8 Å². The van der Waals surface area contributed by atoms with Crippen LogP contribution in [0.15, 0.2) is 118 Å². The normalized spacial score (nSPS) is 11.8. The van der Waals surface area contributed by atoms with Crippen LogP contribution in [0.4, 0.5) is 0 Å². The van der Waals surface area contributed by atoms with Crippen LogP contribution in [0, 0.1) is 0 Å². The number of nitrogens with one attached hydrogen (secondary N) is 2. The Labute approximate surface area is 265 Å². The van der Waals surface area contributed by atoms with E-state index in [0.717, 1.165) is 41.9 Å². The van der Waals surface area contributed by atoms with E-state index < -0.39 is 0 Å². The highest BCUT2D eigenvalue weighted by Gasteiger charge is 2.18. The number of fused-ring (bicyclic) bond motifs is 2. The summed E-state index contributed by atoms with van der Waals surface area (Å²) >= 11 is 6.94. The molecule has 0 aliphatic carbocycles. The van der Waals surface area contributed by atoms with Crippen molar-refractivity contribution < 1.29 is 9.59 Å². The van der Waals surface area contributed by atoms with E-state index in [1.54, 1.807) is 0 Å². The van der Waals surface area contributed by atoms with Gasteiger partial charge in [0.05, 0.1) is 33.5 Å². The van der Waals surface area contributed by atoms with Crippen LogP contribution < -0.4 is 10.6 Å². The zero-order chi connectivity index (χ0) is 29.9. The molecule has 2 aromatic heterocycles. The highest BCUT2D eigenvalue weighted by Crippen LogP contribution is 2.27. The molecule has 0 saturated heterocycles. The maximum atomic E-state index is 13.6. The molecule has 0 aliphatic heterocycles. The second kappa shape index (κ2) is 12.5. The van der Waals surface area contributed by atoms with Crippen molar-refractivity contribution in [1.82, 2.24) is 20.6 Å². The lowest BCUT2D eigenvalue weighted by molar-refractivity contribution is 0.0914. The number of aromatic nitrogens is 2. The molecule has 0 bridgehead atoms. The van der Waals surface area contributed by atoms with Crippen molar-refractivity contribution in [2.75, 3.05) is 6.54 Å². The Morgan fingerprint density at radius 1 is 0.651 bits per heavy atom. The van der Waals surface area contributed by atoms with Gasteiger partial charge in [0.1, 0.15) is 0 Å². The van der Waals surface area contributed by atoms with Gasteiger partial charge in [-0.2, -0.15) is 0 Å². The van der Waals surface area contributed by atoms with E-state index in [1.807, 2.05) is 116 Å². The van der Waals surface area contributed by atoms with E-state index in [0.29, 0.717) is 22.5 Å². The first-order valence-electron chi connectivity index (χ1n) is 13.8. The number of benzene rings is 4. The van der Waals surface area contributed by atoms with Gasteiger partial charge in [-0.1, -0.05) is 92.5 Å². The Morgan fingerprint density at radius 2 is 1.09 bits per heavy atom. The van der Waals surface area contributed by atoms with E-state index >= 15 is 0 Å². The van der Waals surface area contributed by atoms with Crippen molar-refractivity contribution in [3.8, 4) is 22.5 Å². The molecule has 4 aromatic carbocycles. The summed E-state index contributed by atoms with van der Waals surface area (Å²) < 4.78 is 1.94. The first-order valence-corrected chi connectivity index (χ1v) is 15.3. The number of carbonyl (C=O) groups excluding carboxylic acids is 2. The molecule has 6 aromatic rings. The van der Waals surface area contributed by atoms with Gasteiger partial charge in [-0.3, -0.25) is 9.59 Å². The molecule has 2 heterocycles. The summed E-state index contributed by atoms with van der Waals surface area (Å²) in [7, 11) is 0. The summed E-state index contributed by atoms with van der Waals surface area (Å²) in [5.74, 6) is -0.462. The largest absolute Gasteiger partial charge is 0.350 e. The van der Waals surface area contributed by atoms with E-state index in [1.165, 1.54) is 0 Å². The zero-order valence-electron chi connectivity index (χ0n) is 23.1. The van der Waals surface area contributed by atoms with Gasteiger partial charge in [0, 0.05) is 43.4 Å². The minimum absolute atomic E-state index is 0.231. The molecule has 2 N–H and O–H groups in total. The Hall–Kier alpha value is -4.40. The molecular formula is C35H26Br2N4O2. The number of nitrogens with zero attached hydrogens (tertiary/aromatic N) is 2. The molecule has 0 radical (unpaired) electrons. The van der Waals surface area contributed by atoms with Crippen molar-refractivity contribution >= 4 is 65.5 Å². The van der Waals surface area contributed by atoms with Crippen molar-refractivity contribution in [2.24, 2.45) is 0 Å². The fourth-order valence-electron chi connectivity index (χ4n) is 4.96. The van der Waals surface area contributed by atoms with Gasteiger partial charge in [-0.25, -0.2) is 9.97 Å². The van der Waals surface area contributed by atoms with Crippen LogP contribution in [0.3, 0.4) is 0 Å². The minimum Gasteiger partial charge on any atom is -0.350 e. The number of hydrogen-bond acceptors (Lipinski definition) is 4. The van der Waals surface area contributed by atoms with Crippen LogP contribution in [0.2, 0.25) is 0 Å². The third kappa shape index (κ3) is 6.35. The van der Waals surface area contributed by atoms with Crippen LogP contribution >= 0.6 is 31.9 Å². The summed E-state index contributed by atoms with van der Waals surface area (Å²) in [6.45, 7) is 2.12. The number of pyridine rings is 2. The topological polar surface area (TPSA) is 84.0 Å². The molecule has 8 heteroatoms. The van der Waals surface area contributed by atoms with Crippen LogP contribution in [0.1, 0.15) is 27.6 Å². The molecular weight excluding hydrogens is 668 g/mol. The fraction of sp³-hybridized carbons (Fsp3) is 0.0857. The van der Waals surface area contributed by atoms with Crippen molar-refractivity contribution in [3.05, 3.63) is 129 Å². The van der Waals surface area contributed by atoms with Crippen LogP contribution in [-0.2, 0) is 0 Å². The molecule has 2 amide bonds. The highest BCUT2D eigenvalue weighted by molar-refractivity contribution is 9.10. The predicted molar refractivity (Wildman–Crippen MR) is 179 cm³/mol. The minimum atomic E-state index is -0.335. The van der Waals surface area contributed by atoms with E-state index in [9.17, 15) is 9.59 Å². The maximum Gasteiger partial charge on any atom is 0.252 e. The van der Waals surface area contributed by atoms with Gasteiger partial charge in [0.15, 0.2) is 0 Å². The van der Waals surface area contributed by atoms with E-state index in [4.69, 9.17) is 9.97 Å². The van der Waals surface area contributed by atoms with Gasteiger partial charge in [-0.15, -0.1) is 0 Å². The SMILES string of the molecule is CC(CNC(=O)c1cc(-c2ccc(Br)cc2)nc2ccccc12)NC(=O)c1cc(-c2ccc(Br)cc2)nc2ccccc12. The number of hydrogen-bond donors (Lipinski definition) is 2. The third-order valence-electron chi connectivity index (χ3n) is 7.15. The fourth-order valence-corrected chi connectivity index (χ4v) is 5.49. The number of amides is 2. The summed E-state index contributed by atoms with van der Waals surface area (Å²) in [5.41, 5.74) is 5.78. The lowest BCUT2D eigenvalue weighted by Gasteiger charge is -2.17. The standard InChI is InChI=1S/C35H26Br2N4O2/c1-21(39-35(43)29-19-33(23-12-16-25(37)17-13-23)41-31-9-5-3-7-27(29)31)20-38-34(42)28-18-32(22-10-14-24(36)15-11-22)40-30-8-4-2-6-26(28)30/h2-19,21H,20H2,1H3,(H,38,42)(H,39,43). The van der Waals surface area contributed by atoms with Crippen molar-refractivity contribution in [3.63, 3.8) is 0 Å². The molecule has 6 nitrogen and oxygen atoms in total. The molecule has 0 aliphatic rings. The zero-order valence-corrected chi connectivity index (χ0v) is 26.3. The van der Waals surface area contributed by atoms with Crippen LogP contribution in [-0.4, -0.2) is 34.4 Å². The molecule has 0 spiro atoms. The highest BCUT2D eigenvalue weighted by atomic mass is 79.9. The summed E-state index contributed by atoms with van der Waals surface area (Å²) in [6, 6.07) is 34.1. The Kier molecular flexibility index (Phi) is 8.31. The van der Waals surface area contributed by atoms with Crippen molar-refractivity contribution in [2.45, 2.75) is 13.0 Å². The second-order valence-electron chi connectivity index (χ2n) is 10.2. The van der Waals surface area contributed by atoms with Gasteiger partial charge < -0.3 is 10.6 Å². The lowest BCUT2D eigenvalue weighted by atomic mass is 10.0. The molecule has 212 valence electrons. The average Bonchev–Trinajstić information content (AvgIpc) is 3.03. The molecule has 0 fully saturated rings. The number of rotatable bonds is 7. The summed E-state index contributed by atoms with van der Waals surface area (Å²) in [6.07, 6.45) is 0.